The summed E-state index contributed by atoms with van der Waals surface area (Å²) in [6.45, 7) is 8.96. The number of nitrogens with one attached hydrogen (secondary N) is 1. The third-order valence-corrected chi connectivity index (χ3v) is 4.40. The second kappa shape index (κ2) is 7.44. The van der Waals surface area contributed by atoms with Crippen LogP contribution in [0.15, 0.2) is 18.2 Å². The van der Waals surface area contributed by atoms with E-state index in [0.717, 1.165) is 36.0 Å². The minimum atomic E-state index is -0.0181. The predicted molar refractivity (Wildman–Crippen MR) is 83.0 cm³/mol. The lowest BCUT2D eigenvalue weighted by Gasteiger charge is -2.31. The number of hydrogen-bond donors (Lipinski definition) is 2. The molecule has 1 rings (SSSR count). The van der Waals surface area contributed by atoms with Crippen LogP contribution in [0.3, 0.4) is 0 Å². The van der Waals surface area contributed by atoms with Crippen molar-refractivity contribution < 1.29 is 9.90 Å². The van der Waals surface area contributed by atoms with E-state index in [0.29, 0.717) is 6.54 Å². The molecule has 0 saturated carbocycles. The number of benzene rings is 1. The van der Waals surface area contributed by atoms with Gasteiger partial charge in [0.25, 0.3) is 5.91 Å². The number of carbonyl (C=O) groups is 1. The molecule has 0 bridgehead atoms. The number of hydrogen-bond acceptors (Lipinski definition) is 2. The largest absolute Gasteiger partial charge is 0.396 e. The molecule has 1 aromatic carbocycles. The molecule has 3 nitrogen and oxygen atoms in total. The second-order valence-electron chi connectivity index (χ2n) is 5.68. The average molecular weight is 277 g/mol. The first-order valence-corrected chi connectivity index (χ1v) is 7.44. The van der Waals surface area contributed by atoms with E-state index in [1.807, 2.05) is 32.0 Å². The van der Waals surface area contributed by atoms with Crippen molar-refractivity contribution in [2.24, 2.45) is 5.41 Å². The van der Waals surface area contributed by atoms with E-state index in [9.17, 15) is 9.90 Å². The standard InChI is InChI=1S/C17H27NO2/c1-5-17(6-2,9-10-19)12-18-16(20)15-11-13(3)7-8-14(15)4/h7-8,11,19H,5-6,9-10,12H2,1-4H3,(H,18,20). The number of aliphatic hydroxyl groups excluding tert-OH is 1. The smallest absolute Gasteiger partial charge is 0.251 e. The molecule has 0 aromatic heterocycles. The highest BCUT2D eigenvalue weighted by molar-refractivity contribution is 5.95. The highest BCUT2D eigenvalue weighted by Gasteiger charge is 2.26. The first kappa shape index (κ1) is 16.7. The number of carbonyl (C=O) groups excluding carboxylic acids is 1. The Hall–Kier alpha value is -1.35. The Morgan fingerprint density at radius 3 is 2.45 bits per heavy atom. The summed E-state index contributed by atoms with van der Waals surface area (Å²) in [5, 5.41) is 12.3. The third-order valence-electron chi connectivity index (χ3n) is 4.40. The minimum absolute atomic E-state index is 0.00212. The summed E-state index contributed by atoms with van der Waals surface area (Å²) in [6, 6.07) is 5.92. The van der Waals surface area contributed by atoms with Crippen LogP contribution in [0.25, 0.3) is 0 Å². The molecule has 112 valence electrons. The zero-order valence-corrected chi connectivity index (χ0v) is 13.1. The molecular weight excluding hydrogens is 250 g/mol. The molecule has 2 N–H and O–H groups in total. The molecule has 3 heteroatoms. The van der Waals surface area contributed by atoms with Crippen LogP contribution in [0.2, 0.25) is 0 Å². The summed E-state index contributed by atoms with van der Waals surface area (Å²) in [5.41, 5.74) is 2.83. The summed E-state index contributed by atoms with van der Waals surface area (Å²) < 4.78 is 0. The molecular formula is C17H27NO2. The van der Waals surface area contributed by atoms with Crippen molar-refractivity contribution in [3.8, 4) is 0 Å². The van der Waals surface area contributed by atoms with E-state index >= 15 is 0 Å². The van der Waals surface area contributed by atoms with Gasteiger partial charge in [-0.3, -0.25) is 4.79 Å². The Balaban J connectivity index is 2.77. The Bertz CT molecular complexity index is 450. The van der Waals surface area contributed by atoms with Crippen LogP contribution in [0, 0.1) is 19.3 Å². The van der Waals surface area contributed by atoms with E-state index in [2.05, 4.69) is 19.2 Å². The fraction of sp³-hybridized carbons (Fsp3) is 0.588. The van der Waals surface area contributed by atoms with Gasteiger partial charge in [0.15, 0.2) is 0 Å². The lowest BCUT2D eigenvalue weighted by molar-refractivity contribution is 0.0906. The van der Waals surface area contributed by atoms with Gasteiger partial charge < -0.3 is 10.4 Å². The van der Waals surface area contributed by atoms with Crippen LogP contribution >= 0.6 is 0 Å². The molecule has 0 aliphatic carbocycles. The summed E-state index contributed by atoms with van der Waals surface area (Å²) in [5.74, 6) is -0.0181. The van der Waals surface area contributed by atoms with Crippen molar-refractivity contribution in [2.75, 3.05) is 13.2 Å². The monoisotopic (exact) mass is 277 g/mol. The molecule has 0 fully saturated rings. The van der Waals surface area contributed by atoms with Crippen LogP contribution in [0.4, 0.5) is 0 Å². The number of amides is 1. The molecule has 0 saturated heterocycles. The molecule has 0 radical (unpaired) electrons. The van der Waals surface area contributed by atoms with Crippen molar-refractivity contribution in [2.45, 2.75) is 47.0 Å². The zero-order valence-electron chi connectivity index (χ0n) is 13.1. The number of rotatable bonds is 7. The normalized spacial score (nSPS) is 11.4. The summed E-state index contributed by atoms with van der Waals surface area (Å²) in [7, 11) is 0. The first-order chi connectivity index (χ1) is 9.48. The van der Waals surface area contributed by atoms with Gasteiger partial charge in [-0.25, -0.2) is 0 Å². The molecule has 0 unspecified atom stereocenters. The fourth-order valence-electron chi connectivity index (χ4n) is 2.52. The van der Waals surface area contributed by atoms with Crippen LogP contribution in [0.5, 0.6) is 0 Å². The number of aliphatic hydroxyl groups is 1. The second-order valence-corrected chi connectivity index (χ2v) is 5.68. The van der Waals surface area contributed by atoms with E-state index in [1.54, 1.807) is 0 Å². The minimum Gasteiger partial charge on any atom is -0.396 e. The van der Waals surface area contributed by atoms with Crippen LogP contribution in [-0.4, -0.2) is 24.2 Å². The van der Waals surface area contributed by atoms with Gasteiger partial charge in [-0.2, -0.15) is 0 Å². The van der Waals surface area contributed by atoms with Gasteiger partial charge in [-0.05, 0) is 50.2 Å². The lowest BCUT2D eigenvalue weighted by atomic mass is 9.79. The van der Waals surface area contributed by atoms with Gasteiger partial charge in [0.1, 0.15) is 0 Å². The number of aryl methyl sites for hydroxylation is 2. The Kier molecular flexibility index (Phi) is 6.21. The Morgan fingerprint density at radius 2 is 1.90 bits per heavy atom. The summed E-state index contributed by atoms with van der Waals surface area (Å²) in [6.07, 6.45) is 2.64. The van der Waals surface area contributed by atoms with E-state index in [1.165, 1.54) is 0 Å². The van der Waals surface area contributed by atoms with Crippen molar-refractivity contribution in [3.63, 3.8) is 0 Å². The molecule has 20 heavy (non-hydrogen) atoms. The molecule has 0 aliphatic heterocycles. The zero-order chi connectivity index (χ0) is 15.2. The van der Waals surface area contributed by atoms with Crippen molar-refractivity contribution in [3.05, 3.63) is 34.9 Å². The van der Waals surface area contributed by atoms with Gasteiger partial charge >= 0.3 is 0 Å². The summed E-state index contributed by atoms with van der Waals surface area (Å²) >= 11 is 0. The van der Waals surface area contributed by atoms with Gasteiger partial charge in [-0.1, -0.05) is 31.5 Å². The first-order valence-electron chi connectivity index (χ1n) is 7.44. The quantitative estimate of drug-likeness (QED) is 0.804. The SMILES string of the molecule is CCC(CC)(CCO)CNC(=O)c1cc(C)ccc1C. The van der Waals surface area contributed by atoms with Gasteiger partial charge in [0.05, 0.1) is 0 Å². The van der Waals surface area contributed by atoms with Gasteiger partial charge in [-0.15, -0.1) is 0 Å². The summed E-state index contributed by atoms with van der Waals surface area (Å²) in [4.78, 5) is 12.3. The van der Waals surface area contributed by atoms with Crippen molar-refractivity contribution in [1.29, 1.82) is 0 Å². The van der Waals surface area contributed by atoms with E-state index in [-0.39, 0.29) is 17.9 Å². The van der Waals surface area contributed by atoms with Gasteiger partial charge in [0, 0.05) is 18.7 Å². The maximum Gasteiger partial charge on any atom is 0.251 e. The van der Waals surface area contributed by atoms with Crippen LogP contribution in [-0.2, 0) is 0 Å². The van der Waals surface area contributed by atoms with Crippen molar-refractivity contribution in [1.82, 2.24) is 5.32 Å². The predicted octanol–water partition coefficient (Wildman–Crippen LogP) is 3.22. The topological polar surface area (TPSA) is 49.3 Å². The highest BCUT2D eigenvalue weighted by atomic mass is 16.3. The average Bonchev–Trinajstić information content (AvgIpc) is 2.46. The van der Waals surface area contributed by atoms with E-state index in [4.69, 9.17) is 0 Å². The maximum absolute atomic E-state index is 12.3. The molecule has 0 aliphatic rings. The fourth-order valence-corrected chi connectivity index (χ4v) is 2.52. The lowest BCUT2D eigenvalue weighted by Crippen LogP contribution is -2.38. The molecule has 0 spiro atoms. The molecule has 0 heterocycles. The third kappa shape index (κ3) is 4.07. The molecule has 1 aromatic rings. The van der Waals surface area contributed by atoms with Crippen LogP contribution < -0.4 is 5.32 Å². The van der Waals surface area contributed by atoms with E-state index < -0.39 is 0 Å². The Morgan fingerprint density at radius 1 is 1.25 bits per heavy atom. The Labute approximate surface area is 122 Å². The van der Waals surface area contributed by atoms with Crippen LogP contribution in [0.1, 0.15) is 54.6 Å². The maximum atomic E-state index is 12.3. The van der Waals surface area contributed by atoms with Gasteiger partial charge in [0.2, 0.25) is 0 Å². The molecule has 0 atom stereocenters. The molecule has 1 amide bonds. The highest BCUT2D eigenvalue weighted by Crippen LogP contribution is 2.29. The van der Waals surface area contributed by atoms with Crippen molar-refractivity contribution >= 4 is 5.91 Å².